The molecule has 0 spiro atoms. The van der Waals surface area contributed by atoms with Gasteiger partial charge in [-0.3, -0.25) is 4.55 Å². The van der Waals surface area contributed by atoms with Gasteiger partial charge in [0.05, 0.1) is 0 Å². The molecule has 0 fully saturated rings. The Hall–Kier alpha value is -1.11. The van der Waals surface area contributed by atoms with Gasteiger partial charge in [-0.15, -0.1) is 0 Å². The van der Waals surface area contributed by atoms with Crippen molar-refractivity contribution in [1.29, 1.82) is 0 Å². The Morgan fingerprint density at radius 3 is 2.60 bits per heavy atom. The summed E-state index contributed by atoms with van der Waals surface area (Å²) in [6.45, 7) is 0.0856. The van der Waals surface area contributed by atoms with Crippen molar-refractivity contribution in [3.05, 3.63) is 29.8 Å². The molecule has 0 aliphatic rings. The zero-order valence-corrected chi connectivity index (χ0v) is 9.03. The van der Waals surface area contributed by atoms with E-state index in [2.05, 4.69) is 5.32 Å². The highest BCUT2D eigenvalue weighted by atomic mass is 32.2. The zero-order chi connectivity index (χ0) is 11.5. The maximum Gasteiger partial charge on any atom is 0.273 e. The maximum absolute atomic E-state index is 11.1. The second kappa shape index (κ2) is 4.61. The van der Waals surface area contributed by atoms with Crippen LogP contribution in [0.25, 0.3) is 0 Å². The molecular formula is C9H13NO4S. The first-order chi connectivity index (χ1) is 6.95. The van der Waals surface area contributed by atoms with Crippen LogP contribution in [0.1, 0.15) is 10.8 Å². The SMILES string of the molecule is CNC[C@@H](c1cccc(O)c1)S(=O)(=O)O. The lowest BCUT2D eigenvalue weighted by Crippen LogP contribution is -2.24. The van der Waals surface area contributed by atoms with E-state index in [1.165, 1.54) is 24.3 Å². The monoisotopic (exact) mass is 231 g/mol. The van der Waals surface area contributed by atoms with Crippen LogP contribution in [0.4, 0.5) is 0 Å². The summed E-state index contributed by atoms with van der Waals surface area (Å²) < 4.78 is 31.1. The highest BCUT2D eigenvalue weighted by molar-refractivity contribution is 7.86. The fourth-order valence-electron chi connectivity index (χ4n) is 1.31. The Labute approximate surface area is 88.5 Å². The maximum atomic E-state index is 11.1. The smallest absolute Gasteiger partial charge is 0.273 e. The van der Waals surface area contributed by atoms with E-state index in [0.29, 0.717) is 5.56 Å². The number of phenols is 1. The molecule has 0 bridgehead atoms. The largest absolute Gasteiger partial charge is 0.508 e. The van der Waals surface area contributed by atoms with Crippen LogP contribution in [0.5, 0.6) is 5.75 Å². The Bertz CT molecular complexity index is 429. The van der Waals surface area contributed by atoms with Crippen molar-refractivity contribution in [1.82, 2.24) is 5.32 Å². The number of hydrogen-bond acceptors (Lipinski definition) is 4. The third-order valence-electron chi connectivity index (χ3n) is 1.99. The summed E-state index contributed by atoms with van der Waals surface area (Å²) in [6.07, 6.45) is 0. The lowest BCUT2D eigenvalue weighted by atomic mass is 10.1. The van der Waals surface area contributed by atoms with Gasteiger partial charge in [0, 0.05) is 6.54 Å². The van der Waals surface area contributed by atoms with E-state index in [0.717, 1.165) is 0 Å². The molecule has 3 N–H and O–H groups in total. The highest BCUT2D eigenvalue weighted by Gasteiger charge is 2.24. The van der Waals surface area contributed by atoms with Gasteiger partial charge in [-0.25, -0.2) is 0 Å². The first-order valence-corrected chi connectivity index (χ1v) is 5.85. The minimum absolute atomic E-state index is 0.0303. The van der Waals surface area contributed by atoms with Gasteiger partial charge < -0.3 is 10.4 Å². The van der Waals surface area contributed by atoms with Crippen LogP contribution in [-0.4, -0.2) is 31.7 Å². The molecule has 0 amide bonds. The van der Waals surface area contributed by atoms with E-state index in [9.17, 15) is 13.5 Å². The molecule has 0 aromatic heterocycles. The van der Waals surface area contributed by atoms with Crippen LogP contribution in [-0.2, 0) is 10.1 Å². The Morgan fingerprint density at radius 2 is 2.13 bits per heavy atom. The molecule has 6 heteroatoms. The van der Waals surface area contributed by atoms with Gasteiger partial charge in [-0.2, -0.15) is 8.42 Å². The van der Waals surface area contributed by atoms with Crippen molar-refractivity contribution in [2.75, 3.05) is 13.6 Å². The summed E-state index contributed by atoms with van der Waals surface area (Å²) in [7, 11) is -2.59. The molecule has 0 radical (unpaired) electrons. The van der Waals surface area contributed by atoms with Crippen molar-refractivity contribution in [3.63, 3.8) is 0 Å². The summed E-state index contributed by atoms with van der Waals surface area (Å²) >= 11 is 0. The Morgan fingerprint density at radius 1 is 1.47 bits per heavy atom. The third-order valence-corrected chi connectivity index (χ3v) is 3.15. The average Bonchev–Trinajstić information content (AvgIpc) is 2.12. The number of rotatable bonds is 4. The fraction of sp³-hybridized carbons (Fsp3) is 0.333. The van der Waals surface area contributed by atoms with Crippen LogP contribution in [0.15, 0.2) is 24.3 Å². The fourth-order valence-corrected chi connectivity index (χ4v) is 2.17. The number of benzene rings is 1. The van der Waals surface area contributed by atoms with E-state index >= 15 is 0 Å². The van der Waals surface area contributed by atoms with Crippen LogP contribution in [0.3, 0.4) is 0 Å². The Kier molecular flexibility index (Phi) is 3.67. The third kappa shape index (κ3) is 3.19. The van der Waals surface area contributed by atoms with Crippen molar-refractivity contribution in [2.45, 2.75) is 5.25 Å². The minimum atomic E-state index is -4.17. The summed E-state index contributed by atoms with van der Waals surface area (Å²) in [5.74, 6) is -0.0303. The lowest BCUT2D eigenvalue weighted by molar-refractivity contribution is 0.463. The molecule has 0 unspecified atom stereocenters. The number of phenolic OH excluding ortho intramolecular Hbond substituents is 1. The Balaban J connectivity index is 3.10. The molecule has 84 valence electrons. The molecule has 0 aliphatic heterocycles. The van der Waals surface area contributed by atoms with E-state index in [-0.39, 0.29) is 12.3 Å². The van der Waals surface area contributed by atoms with E-state index in [1.54, 1.807) is 7.05 Å². The van der Waals surface area contributed by atoms with Gasteiger partial charge in [0.15, 0.2) is 0 Å². The molecule has 0 saturated heterocycles. The standard InChI is InChI=1S/C9H13NO4S/c1-10-6-9(15(12,13)14)7-3-2-4-8(11)5-7/h2-5,9-11H,6H2,1H3,(H,12,13,14)/t9-/m0/s1. The van der Waals surface area contributed by atoms with Crippen LogP contribution in [0, 0.1) is 0 Å². The van der Waals surface area contributed by atoms with Crippen molar-refractivity contribution in [2.24, 2.45) is 0 Å². The van der Waals surface area contributed by atoms with Crippen LogP contribution >= 0.6 is 0 Å². The molecule has 0 heterocycles. The molecular weight excluding hydrogens is 218 g/mol. The van der Waals surface area contributed by atoms with Gasteiger partial charge in [0.2, 0.25) is 0 Å². The van der Waals surface area contributed by atoms with Crippen molar-refractivity contribution >= 4 is 10.1 Å². The first-order valence-electron chi connectivity index (χ1n) is 4.35. The second-order valence-corrected chi connectivity index (χ2v) is 4.76. The molecule has 5 nitrogen and oxygen atoms in total. The predicted molar refractivity (Wildman–Crippen MR) is 56.3 cm³/mol. The number of aromatic hydroxyl groups is 1. The van der Waals surface area contributed by atoms with Gasteiger partial charge >= 0.3 is 0 Å². The topological polar surface area (TPSA) is 86.6 Å². The van der Waals surface area contributed by atoms with E-state index in [4.69, 9.17) is 4.55 Å². The van der Waals surface area contributed by atoms with Gasteiger partial charge in [-0.05, 0) is 24.7 Å². The first kappa shape index (κ1) is 12.0. The van der Waals surface area contributed by atoms with Gasteiger partial charge in [0.1, 0.15) is 11.0 Å². The van der Waals surface area contributed by atoms with E-state index in [1.807, 2.05) is 0 Å². The van der Waals surface area contributed by atoms with Gasteiger partial charge in [-0.1, -0.05) is 12.1 Å². The molecule has 1 aromatic rings. The molecule has 15 heavy (non-hydrogen) atoms. The molecule has 1 atom stereocenters. The quantitative estimate of drug-likeness (QED) is 0.658. The summed E-state index contributed by atoms with van der Waals surface area (Å²) in [5, 5.41) is 10.8. The lowest BCUT2D eigenvalue weighted by Gasteiger charge is -2.13. The summed E-state index contributed by atoms with van der Waals surface area (Å²) in [5.41, 5.74) is 0.354. The zero-order valence-electron chi connectivity index (χ0n) is 8.21. The number of nitrogens with one attached hydrogen (secondary N) is 1. The minimum Gasteiger partial charge on any atom is -0.508 e. The number of likely N-dealkylation sites (N-methyl/N-ethyl adjacent to an activating group) is 1. The predicted octanol–water partition coefficient (Wildman–Crippen LogP) is 0.540. The van der Waals surface area contributed by atoms with Crippen molar-refractivity contribution < 1.29 is 18.1 Å². The van der Waals surface area contributed by atoms with Gasteiger partial charge in [0.25, 0.3) is 10.1 Å². The average molecular weight is 231 g/mol. The van der Waals surface area contributed by atoms with Crippen LogP contribution in [0.2, 0.25) is 0 Å². The molecule has 1 aromatic carbocycles. The van der Waals surface area contributed by atoms with Crippen LogP contribution < -0.4 is 5.32 Å². The second-order valence-electron chi connectivity index (χ2n) is 3.16. The van der Waals surface area contributed by atoms with E-state index < -0.39 is 15.4 Å². The summed E-state index contributed by atoms with van der Waals surface area (Å²) in [4.78, 5) is 0. The molecule has 0 saturated carbocycles. The molecule has 1 rings (SSSR count). The normalized spacial score (nSPS) is 13.7. The summed E-state index contributed by atoms with van der Waals surface area (Å²) in [6, 6.07) is 5.81. The highest BCUT2D eigenvalue weighted by Crippen LogP contribution is 2.23. The number of hydrogen-bond donors (Lipinski definition) is 3. The molecule has 0 aliphatic carbocycles. The van der Waals surface area contributed by atoms with Crippen molar-refractivity contribution in [3.8, 4) is 5.75 Å².